The van der Waals surface area contributed by atoms with Crippen LogP contribution < -0.4 is 14.8 Å². The minimum Gasteiger partial charge on any atom is -0.493 e. The SMILES string of the molecule is O=C1N[C@@]2(CCOc3ccccc32)C(=O)N1C[C@H](O)COc1cccc2ccccc12. The molecule has 1 spiro atoms. The van der Waals surface area contributed by atoms with Gasteiger partial charge in [-0.25, -0.2) is 4.79 Å². The van der Waals surface area contributed by atoms with Crippen LogP contribution in [-0.4, -0.2) is 47.8 Å². The van der Waals surface area contributed by atoms with Crippen molar-refractivity contribution in [3.05, 3.63) is 72.3 Å². The lowest BCUT2D eigenvalue weighted by Crippen LogP contribution is -2.48. The summed E-state index contributed by atoms with van der Waals surface area (Å²) in [6.45, 7) is 0.127. The zero-order valence-electron chi connectivity index (χ0n) is 16.8. The van der Waals surface area contributed by atoms with Gasteiger partial charge in [0.05, 0.1) is 13.2 Å². The number of hydrogen-bond donors (Lipinski definition) is 2. The molecule has 1 fully saturated rings. The summed E-state index contributed by atoms with van der Waals surface area (Å²) in [5.41, 5.74) is -0.508. The number of nitrogens with zero attached hydrogens (tertiary/aromatic N) is 1. The Hall–Kier alpha value is -3.58. The Bertz CT molecular complexity index is 1160. The van der Waals surface area contributed by atoms with Gasteiger partial charge in [0.1, 0.15) is 24.2 Å². The number of para-hydroxylation sites is 1. The number of carbonyl (C=O) groups is 2. The summed E-state index contributed by atoms with van der Waals surface area (Å²) in [4.78, 5) is 27.0. The summed E-state index contributed by atoms with van der Waals surface area (Å²) in [5, 5.41) is 15.3. The number of benzene rings is 3. The van der Waals surface area contributed by atoms with E-state index >= 15 is 0 Å². The van der Waals surface area contributed by atoms with Crippen molar-refractivity contribution in [1.29, 1.82) is 0 Å². The second kappa shape index (κ2) is 7.59. The minimum atomic E-state index is -1.15. The molecule has 158 valence electrons. The van der Waals surface area contributed by atoms with Crippen LogP contribution in [0.4, 0.5) is 4.79 Å². The molecular formula is C24H22N2O5. The van der Waals surface area contributed by atoms with Crippen LogP contribution >= 0.6 is 0 Å². The number of amides is 3. The molecule has 0 radical (unpaired) electrons. The van der Waals surface area contributed by atoms with Gasteiger partial charge in [0, 0.05) is 17.4 Å². The highest BCUT2D eigenvalue weighted by molar-refractivity contribution is 6.08. The number of β-amino-alcohol motifs (C(OH)–C–C–N with tert-alkyl or cyclic N) is 1. The highest BCUT2D eigenvalue weighted by atomic mass is 16.5. The third kappa shape index (κ3) is 3.27. The molecule has 31 heavy (non-hydrogen) atoms. The first-order valence-electron chi connectivity index (χ1n) is 10.2. The molecule has 2 aliphatic rings. The van der Waals surface area contributed by atoms with E-state index in [0.29, 0.717) is 30.1 Å². The Morgan fingerprint density at radius 3 is 2.74 bits per heavy atom. The normalized spacial score (nSPS) is 21.0. The van der Waals surface area contributed by atoms with E-state index in [1.165, 1.54) is 0 Å². The Balaban J connectivity index is 1.30. The first-order chi connectivity index (χ1) is 15.1. The minimum absolute atomic E-state index is 0.0439. The maximum atomic E-state index is 13.3. The number of hydrogen-bond acceptors (Lipinski definition) is 5. The largest absolute Gasteiger partial charge is 0.493 e. The molecule has 2 atom stereocenters. The fourth-order valence-corrected chi connectivity index (χ4v) is 4.31. The second-order valence-electron chi connectivity index (χ2n) is 7.79. The Morgan fingerprint density at radius 1 is 1.06 bits per heavy atom. The van der Waals surface area contributed by atoms with Crippen molar-refractivity contribution >= 4 is 22.7 Å². The molecule has 3 amide bonds. The molecule has 0 aromatic heterocycles. The van der Waals surface area contributed by atoms with E-state index in [1.807, 2.05) is 54.6 Å². The van der Waals surface area contributed by atoms with Gasteiger partial charge in [0.25, 0.3) is 5.91 Å². The number of nitrogens with one attached hydrogen (secondary N) is 1. The zero-order chi connectivity index (χ0) is 21.4. The lowest BCUT2D eigenvalue weighted by molar-refractivity contribution is -0.133. The maximum Gasteiger partial charge on any atom is 0.325 e. The van der Waals surface area contributed by atoms with E-state index in [9.17, 15) is 14.7 Å². The molecule has 7 heteroatoms. The van der Waals surface area contributed by atoms with Crippen molar-refractivity contribution in [1.82, 2.24) is 10.2 Å². The number of ether oxygens (including phenoxy) is 2. The summed E-state index contributed by atoms with van der Waals surface area (Å²) in [6.07, 6.45) is -0.688. The van der Waals surface area contributed by atoms with Gasteiger partial charge >= 0.3 is 6.03 Å². The van der Waals surface area contributed by atoms with Gasteiger partial charge < -0.3 is 19.9 Å². The van der Waals surface area contributed by atoms with Crippen LogP contribution in [0.5, 0.6) is 11.5 Å². The predicted octanol–water partition coefficient (Wildman–Crippen LogP) is 2.81. The van der Waals surface area contributed by atoms with Crippen LogP contribution in [0.15, 0.2) is 66.7 Å². The smallest absolute Gasteiger partial charge is 0.325 e. The average molecular weight is 418 g/mol. The first-order valence-corrected chi connectivity index (χ1v) is 10.2. The highest BCUT2D eigenvalue weighted by Gasteiger charge is 2.55. The monoisotopic (exact) mass is 418 g/mol. The van der Waals surface area contributed by atoms with Gasteiger partial charge in [-0.1, -0.05) is 54.6 Å². The van der Waals surface area contributed by atoms with Crippen LogP contribution in [0.3, 0.4) is 0 Å². The summed E-state index contributed by atoms with van der Waals surface area (Å²) in [5.74, 6) is 0.853. The van der Waals surface area contributed by atoms with Crippen molar-refractivity contribution in [2.75, 3.05) is 19.8 Å². The molecule has 0 aliphatic carbocycles. The summed E-state index contributed by atoms with van der Waals surface area (Å²) >= 11 is 0. The molecule has 1 saturated heterocycles. The van der Waals surface area contributed by atoms with Gasteiger partial charge in [-0.2, -0.15) is 0 Å². The Labute approximate surface area is 179 Å². The molecule has 2 N–H and O–H groups in total. The topological polar surface area (TPSA) is 88.1 Å². The standard InChI is InChI=1S/C24H22N2O5/c27-17(15-31-20-11-5-7-16-6-1-2-8-18(16)20)14-26-22(28)24(25-23(26)29)12-13-30-21-10-4-3-9-19(21)24/h1-11,17,27H,12-15H2,(H,25,29)/t17-,24+/m0/s1. The van der Waals surface area contributed by atoms with E-state index in [2.05, 4.69) is 5.32 Å². The summed E-state index contributed by atoms with van der Waals surface area (Å²) in [6, 6.07) is 20.2. The molecule has 0 saturated carbocycles. The van der Waals surface area contributed by atoms with E-state index < -0.39 is 17.7 Å². The number of aliphatic hydroxyl groups is 1. The van der Waals surface area contributed by atoms with Crippen LogP contribution in [0.25, 0.3) is 10.8 Å². The summed E-state index contributed by atoms with van der Waals surface area (Å²) < 4.78 is 11.5. The van der Waals surface area contributed by atoms with Gasteiger partial charge in [-0.05, 0) is 17.5 Å². The van der Waals surface area contributed by atoms with Crippen molar-refractivity contribution in [2.24, 2.45) is 0 Å². The number of imide groups is 1. The van der Waals surface area contributed by atoms with Crippen molar-refractivity contribution in [3.8, 4) is 11.5 Å². The third-order valence-electron chi connectivity index (χ3n) is 5.83. The quantitative estimate of drug-likeness (QED) is 0.622. The van der Waals surface area contributed by atoms with Gasteiger partial charge in [-0.15, -0.1) is 0 Å². The van der Waals surface area contributed by atoms with Crippen LogP contribution in [-0.2, 0) is 10.3 Å². The lowest BCUT2D eigenvalue weighted by Gasteiger charge is -2.33. The molecule has 7 nitrogen and oxygen atoms in total. The number of rotatable bonds is 5. The Morgan fingerprint density at radius 2 is 1.84 bits per heavy atom. The molecule has 3 aromatic carbocycles. The predicted molar refractivity (Wildman–Crippen MR) is 114 cm³/mol. The molecule has 5 rings (SSSR count). The first kappa shape index (κ1) is 19.4. The van der Waals surface area contributed by atoms with Gasteiger partial charge in [0.15, 0.2) is 5.54 Å². The number of carbonyl (C=O) groups excluding carboxylic acids is 2. The molecule has 0 bridgehead atoms. The van der Waals surface area contributed by atoms with Crippen LogP contribution in [0, 0.1) is 0 Å². The third-order valence-corrected chi connectivity index (χ3v) is 5.83. The zero-order valence-corrected chi connectivity index (χ0v) is 16.8. The maximum absolute atomic E-state index is 13.3. The molecule has 2 aliphatic heterocycles. The fraction of sp³-hybridized carbons (Fsp3) is 0.250. The van der Waals surface area contributed by atoms with E-state index in [-0.39, 0.29) is 19.1 Å². The van der Waals surface area contributed by atoms with E-state index in [4.69, 9.17) is 9.47 Å². The van der Waals surface area contributed by atoms with E-state index in [1.54, 1.807) is 12.1 Å². The summed E-state index contributed by atoms with van der Waals surface area (Å²) in [7, 11) is 0. The second-order valence-corrected chi connectivity index (χ2v) is 7.79. The van der Waals surface area contributed by atoms with Crippen LogP contribution in [0.2, 0.25) is 0 Å². The average Bonchev–Trinajstić information content (AvgIpc) is 3.02. The molecule has 2 heterocycles. The van der Waals surface area contributed by atoms with Gasteiger partial charge in [0.2, 0.25) is 0 Å². The number of urea groups is 1. The lowest BCUT2D eigenvalue weighted by atomic mass is 9.84. The Kier molecular flexibility index (Phi) is 4.75. The molecular weight excluding hydrogens is 396 g/mol. The van der Waals surface area contributed by atoms with Crippen molar-refractivity contribution in [2.45, 2.75) is 18.1 Å². The molecule has 3 aromatic rings. The number of aliphatic hydroxyl groups excluding tert-OH is 1. The molecule has 0 unspecified atom stereocenters. The van der Waals surface area contributed by atoms with Crippen molar-refractivity contribution < 1.29 is 24.2 Å². The highest BCUT2D eigenvalue weighted by Crippen LogP contribution is 2.41. The number of fused-ring (bicyclic) bond motifs is 3. The van der Waals surface area contributed by atoms with Crippen LogP contribution in [0.1, 0.15) is 12.0 Å². The van der Waals surface area contributed by atoms with Crippen molar-refractivity contribution in [3.63, 3.8) is 0 Å². The fourth-order valence-electron chi connectivity index (χ4n) is 4.31. The van der Waals surface area contributed by atoms with Gasteiger partial charge in [-0.3, -0.25) is 9.69 Å². The van der Waals surface area contributed by atoms with E-state index in [0.717, 1.165) is 15.7 Å².